The van der Waals surface area contributed by atoms with Crippen molar-refractivity contribution in [1.82, 2.24) is 0 Å². The highest BCUT2D eigenvalue weighted by Gasteiger charge is 2.14. The van der Waals surface area contributed by atoms with Crippen molar-refractivity contribution in [1.29, 1.82) is 0 Å². The molecule has 1 aromatic rings. The Morgan fingerprint density at radius 1 is 1.31 bits per heavy atom. The van der Waals surface area contributed by atoms with E-state index in [2.05, 4.69) is 24.1 Å². The van der Waals surface area contributed by atoms with Crippen LogP contribution in [0.3, 0.4) is 0 Å². The first-order chi connectivity index (χ1) is 7.69. The van der Waals surface area contributed by atoms with E-state index in [1.165, 1.54) is 6.42 Å². The van der Waals surface area contributed by atoms with Gasteiger partial charge in [-0.1, -0.05) is 32.4 Å². The smallest absolute Gasteiger partial charge is 0.226 e. The summed E-state index contributed by atoms with van der Waals surface area (Å²) < 4.78 is 0. The molecule has 0 saturated carbocycles. The predicted molar refractivity (Wildman–Crippen MR) is 68.9 cm³/mol. The highest BCUT2D eigenvalue weighted by molar-refractivity contribution is 5.96. The summed E-state index contributed by atoms with van der Waals surface area (Å²) in [6.45, 7) is 5.03. The Labute approximate surface area is 97.5 Å². The molecule has 2 rings (SSSR count). The van der Waals surface area contributed by atoms with E-state index in [-0.39, 0.29) is 5.91 Å². The summed E-state index contributed by atoms with van der Waals surface area (Å²) in [6, 6.07) is 7.85. The van der Waals surface area contributed by atoms with Gasteiger partial charge in [-0.3, -0.25) is 4.79 Å². The zero-order valence-corrected chi connectivity index (χ0v) is 10.3. The molecule has 3 nitrogen and oxygen atoms in total. The van der Waals surface area contributed by atoms with E-state index < -0.39 is 0 Å². The number of nitrogens with zero attached hydrogens (tertiary/aromatic N) is 1. The Kier molecular flexibility index (Phi) is 4.83. The van der Waals surface area contributed by atoms with Gasteiger partial charge in [-0.2, -0.15) is 0 Å². The molecule has 16 heavy (non-hydrogen) atoms. The SMILES string of the molecule is CCC.CN1CCC(=O)Nc2ccccc21. The lowest BCUT2D eigenvalue weighted by Crippen LogP contribution is -2.18. The first kappa shape index (κ1) is 12.6. The number of anilines is 2. The van der Waals surface area contributed by atoms with Gasteiger partial charge in [0.25, 0.3) is 0 Å². The molecule has 1 heterocycles. The maximum atomic E-state index is 11.3. The summed E-state index contributed by atoms with van der Waals surface area (Å²) >= 11 is 0. The van der Waals surface area contributed by atoms with E-state index in [9.17, 15) is 4.79 Å². The molecule has 0 unspecified atom stereocenters. The molecule has 1 aromatic carbocycles. The number of fused-ring (bicyclic) bond motifs is 1. The molecule has 1 aliphatic rings. The molecule has 0 atom stereocenters. The van der Waals surface area contributed by atoms with Crippen molar-refractivity contribution in [3.8, 4) is 0 Å². The van der Waals surface area contributed by atoms with E-state index in [1.807, 2.05) is 31.3 Å². The molecular formula is C13H20N2O. The van der Waals surface area contributed by atoms with Crippen molar-refractivity contribution >= 4 is 17.3 Å². The second kappa shape index (κ2) is 6.16. The second-order valence-electron chi connectivity index (χ2n) is 3.94. The van der Waals surface area contributed by atoms with Crippen LogP contribution >= 0.6 is 0 Å². The maximum absolute atomic E-state index is 11.3. The first-order valence-electron chi connectivity index (χ1n) is 5.79. The number of para-hydroxylation sites is 2. The number of carbonyl (C=O) groups is 1. The van der Waals surface area contributed by atoms with Gasteiger partial charge in [0.1, 0.15) is 0 Å². The fourth-order valence-electron chi connectivity index (χ4n) is 1.51. The van der Waals surface area contributed by atoms with E-state index in [1.54, 1.807) is 0 Å². The van der Waals surface area contributed by atoms with Crippen molar-refractivity contribution < 1.29 is 4.79 Å². The zero-order chi connectivity index (χ0) is 12.0. The van der Waals surface area contributed by atoms with Crippen LogP contribution in [0.5, 0.6) is 0 Å². The molecule has 0 saturated heterocycles. The van der Waals surface area contributed by atoms with Crippen molar-refractivity contribution in [3.63, 3.8) is 0 Å². The summed E-state index contributed by atoms with van der Waals surface area (Å²) in [4.78, 5) is 13.3. The van der Waals surface area contributed by atoms with Crippen molar-refractivity contribution in [3.05, 3.63) is 24.3 Å². The van der Waals surface area contributed by atoms with E-state index in [4.69, 9.17) is 0 Å². The molecule has 1 N–H and O–H groups in total. The monoisotopic (exact) mass is 220 g/mol. The highest BCUT2D eigenvalue weighted by Crippen LogP contribution is 2.26. The van der Waals surface area contributed by atoms with Crippen LogP contribution < -0.4 is 10.2 Å². The minimum absolute atomic E-state index is 0.0943. The molecule has 1 aliphatic heterocycles. The largest absolute Gasteiger partial charge is 0.372 e. The Morgan fingerprint density at radius 3 is 2.62 bits per heavy atom. The van der Waals surface area contributed by atoms with E-state index in [0.29, 0.717) is 6.42 Å². The third-order valence-electron chi connectivity index (χ3n) is 2.26. The summed E-state index contributed by atoms with van der Waals surface area (Å²) in [6.07, 6.45) is 1.81. The van der Waals surface area contributed by atoms with Crippen molar-refractivity contribution in [2.24, 2.45) is 0 Å². The molecule has 0 aromatic heterocycles. The molecule has 0 bridgehead atoms. The molecule has 88 valence electrons. The average Bonchev–Trinajstić information content (AvgIpc) is 2.40. The zero-order valence-electron chi connectivity index (χ0n) is 10.3. The van der Waals surface area contributed by atoms with Crippen molar-refractivity contribution in [2.75, 3.05) is 23.8 Å². The summed E-state index contributed by atoms with van der Waals surface area (Å²) in [5, 5.41) is 2.87. The Bertz CT molecular complexity index is 350. The molecule has 0 fully saturated rings. The lowest BCUT2D eigenvalue weighted by atomic mass is 10.2. The maximum Gasteiger partial charge on any atom is 0.226 e. The van der Waals surface area contributed by atoms with Crippen molar-refractivity contribution in [2.45, 2.75) is 26.7 Å². The van der Waals surface area contributed by atoms with Gasteiger partial charge in [0.05, 0.1) is 11.4 Å². The van der Waals surface area contributed by atoms with Gasteiger partial charge >= 0.3 is 0 Å². The number of nitrogens with one attached hydrogen (secondary N) is 1. The molecule has 1 amide bonds. The third-order valence-corrected chi connectivity index (χ3v) is 2.26. The van der Waals surface area contributed by atoms with Gasteiger partial charge in [0, 0.05) is 20.0 Å². The topological polar surface area (TPSA) is 32.3 Å². The second-order valence-corrected chi connectivity index (χ2v) is 3.94. The van der Waals surface area contributed by atoms with Crippen LogP contribution in [-0.2, 0) is 4.79 Å². The van der Waals surface area contributed by atoms with Gasteiger partial charge < -0.3 is 10.2 Å². The van der Waals surface area contributed by atoms with Crippen LogP contribution in [-0.4, -0.2) is 19.5 Å². The number of hydrogen-bond donors (Lipinski definition) is 1. The third kappa shape index (κ3) is 3.26. The van der Waals surface area contributed by atoms with Gasteiger partial charge in [-0.05, 0) is 12.1 Å². The van der Waals surface area contributed by atoms with Gasteiger partial charge in [0.15, 0.2) is 0 Å². The van der Waals surface area contributed by atoms with Crippen LogP contribution in [0.1, 0.15) is 26.7 Å². The number of carbonyl (C=O) groups excluding carboxylic acids is 1. The van der Waals surface area contributed by atoms with Gasteiger partial charge in [-0.15, -0.1) is 0 Å². The van der Waals surface area contributed by atoms with Crippen LogP contribution in [0.15, 0.2) is 24.3 Å². The Morgan fingerprint density at radius 2 is 1.94 bits per heavy atom. The summed E-state index contributed by atoms with van der Waals surface area (Å²) in [5.41, 5.74) is 2.00. The molecule has 0 aliphatic carbocycles. The number of benzene rings is 1. The number of rotatable bonds is 0. The number of amides is 1. The van der Waals surface area contributed by atoms with Gasteiger partial charge in [0.2, 0.25) is 5.91 Å². The van der Waals surface area contributed by atoms with E-state index >= 15 is 0 Å². The van der Waals surface area contributed by atoms with Crippen LogP contribution in [0.2, 0.25) is 0 Å². The molecule has 3 heteroatoms. The first-order valence-corrected chi connectivity index (χ1v) is 5.79. The summed E-state index contributed by atoms with van der Waals surface area (Å²) in [7, 11) is 2.00. The molecule has 0 radical (unpaired) electrons. The lowest BCUT2D eigenvalue weighted by molar-refractivity contribution is -0.115. The van der Waals surface area contributed by atoms with Crippen LogP contribution in [0.25, 0.3) is 0 Å². The Hall–Kier alpha value is -1.51. The highest BCUT2D eigenvalue weighted by atomic mass is 16.1. The van der Waals surface area contributed by atoms with Crippen LogP contribution in [0, 0.1) is 0 Å². The normalized spacial score (nSPS) is 14.2. The lowest BCUT2D eigenvalue weighted by Gasteiger charge is -2.17. The molecule has 0 spiro atoms. The minimum atomic E-state index is 0.0943. The quantitative estimate of drug-likeness (QED) is 0.729. The standard InChI is InChI=1S/C10H12N2O.C3H8/c1-12-7-6-10(13)11-8-4-2-3-5-9(8)12;1-3-2/h2-5H,6-7H2,1H3,(H,11,13);3H2,1-2H3. The fourth-order valence-corrected chi connectivity index (χ4v) is 1.51. The van der Waals surface area contributed by atoms with Crippen LogP contribution in [0.4, 0.5) is 11.4 Å². The molecular weight excluding hydrogens is 200 g/mol. The average molecular weight is 220 g/mol. The minimum Gasteiger partial charge on any atom is -0.372 e. The predicted octanol–water partition coefficient (Wildman–Crippen LogP) is 2.88. The Balaban J connectivity index is 0.000000386. The van der Waals surface area contributed by atoms with Gasteiger partial charge in [-0.25, -0.2) is 0 Å². The fraction of sp³-hybridized carbons (Fsp3) is 0.462. The summed E-state index contributed by atoms with van der Waals surface area (Å²) in [5.74, 6) is 0.0943. The van der Waals surface area contributed by atoms with E-state index in [0.717, 1.165) is 17.9 Å². The number of hydrogen-bond acceptors (Lipinski definition) is 2.